The van der Waals surface area contributed by atoms with Gasteiger partial charge in [0, 0.05) is 10.9 Å². The minimum Gasteiger partial charge on any atom is -0.459 e. The smallest absolute Gasteiger partial charge is 0.414 e. The molecule has 0 spiro atoms. The summed E-state index contributed by atoms with van der Waals surface area (Å²) in [5.41, 5.74) is 6.71. The van der Waals surface area contributed by atoms with E-state index in [-0.39, 0.29) is 13.2 Å². The number of hydrogen-bond donors (Lipinski definition) is 1. The van der Waals surface area contributed by atoms with Crippen LogP contribution in [0.2, 0.25) is 0 Å². The van der Waals surface area contributed by atoms with Gasteiger partial charge >= 0.3 is 6.18 Å². The molecule has 104 valence electrons. The number of alkyl halides is 3. The lowest BCUT2D eigenvalue weighted by Crippen LogP contribution is -2.28. The number of fused-ring (bicyclic) bond motifs is 1. The molecule has 0 fully saturated rings. The minimum absolute atomic E-state index is 0.119. The molecule has 6 heteroatoms. The van der Waals surface area contributed by atoms with Crippen LogP contribution in [-0.2, 0) is 17.9 Å². The minimum atomic E-state index is -4.37. The summed E-state index contributed by atoms with van der Waals surface area (Å²) in [5.74, 6) is 0.454. The second-order valence-corrected chi connectivity index (χ2v) is 4.20. The van der Waals surface area contributed by atoms with Gasteiger partial charge in [-0.15, -0.1) is 0 Å². The highest BCUT2D eigenvalue weighted by molar-refractivity contribution is 5.82. The van der Waals surface area contributed by atoms with Crippen LogP contribution < -0.4 is 5.73 Å². The molecule has 1 atom stereocenters. The third-order valence-electron chi connectivity index (χ3n) is 2.91. The lowest BCUT2D eigenvalue weighted by Gasteiger charge is -2.16. The van der Waals surface area contributed by atoms with E-state index in [0.29, 0.717) is 16.9 Å². The molecule has 19 heavy (non-hydrogen) atoms. The van der Waals surface area contributed by atoms with Crippen LogP contribution in [0.1, 0.15) is 18.2 Å². The summed E-state index contributed by atoms with van der Waals surface area (Å²) < 4.78 is 47.5. The van der Waals surface area contributed by atoms with Crippen molar-refractivity contribution in [3.63, 3.8) is 0 Å². The molecule has 1 aromatic carbocycles. The predicted octanol–water partition coefficient (Wildman–Crippen LogP) is 3.36. The number of para-hydroxylation sites is 1. The first-order valence-electron chi connectivity index (χ1n) is 5.81. The number of rotatable bonds is 4. The van der Waals surface area contributed by atoms with E-state index in [0.717, 1.165) is 12.3 Å². The first-order valence-corrected chi connectivity index (χ1v) is 5.81. The van der Waals surface area contributed by atoms with Crippen LogP contribution in [0, 0.1) is 0 Å². The number of hydrogen-bond acceptors (Lipinski definition) is 3. The molecule has 0 aliphatic heterocycles. The van der Waals surface area contributed by atoms with Crippen LogP contribution in [0.25, 0.3) is 11.0 Å². The normalized spacial score (nSPS) is 13.9. The van der Waals surface area contributed by atoms with Gasteiger partial charge in [-0.3, -0.25) is 0 Å². The molecule has 1 unspecified atom stereocenters. The number of benzene rings is 1. The van der Waals surface area contributed by atoms with Crippen molar-refractivity contribution in [3.05, 3.63) is 35.6 Å². The molecule has 0 aliphatic rings. The Hall–Kier alpha value is -1.53. The molecular formula is C13H14F3NO2. The van der Waals surface area contributed by atoms with Crippen LogP contribution in [0.3, 0.4) is 0 Å². The maximum absolute atomic E-state index is 12.4. The molecule has 1 aromatic heterocycles. The Kier molecular flexibility index (Phi) is 3.82. The fourth-order valence-corrected chi connectivity index (χ4v) is 1.78. The molecule has 0 radical (unpaired) electrons. The SMILES string of the molecule is CC(OCc1c(CN)oc2ccccc12)C(F)(F)F. The fourth-order valence-electron chi connectivity index (χ4n) is 1.78. The third-order valence-corrected chi connectivity index (χ3v) is 2.91. The van der Waals surface area contributed by atoms with E-state index in [1.807, 2.05) is 0 Å². The van der Waals surface area contributed by atoms with Crippen LogP contribution in [0.4, 0.5) is 13.2 Å². The molecule has 2 N–H and O–H groups in total. The maximum atomic E-state index is 12.4. The largest absolute Gasteiger partial charge is 0.459 e. The van der Waals surface area contributed by atoms with Crippen LogP contribution in [-0.4, -0.2) is 12.3 Å². The van der Waals surface area contributed by atoms with Gasteiger partial charge < -0.3 is 14.9 Å². The Morgan fingerprint density at radius 2 is 2.00 bits per heavy atom. The van der Waals surface area contributed by atoms with Gasteiger partial charge in [0.25, 0.3) is 0 Å². The van der Waals surface area contributed by atoms with E-state index >= 15 is 0 Å². The van der Waals surface area contributed by atoms with Gasteiger partial charge in [0.1, 0.15) is 11.3 Å². The second-order valence-electron chi connectivity index (χ2n) is 4.20. The number of furan rings is 1. The quantitative estimate of drug-likeness (QED) is 0.929. The Morgan fingerprint density at radius 3 is 2.63 bits per heavy atom. The predicted molar refractivity (Wildman–Crippen MR) is 64.4 cm³/mol. The number of ether oxygens (including phenoxy) is 1. The first kappa shape index (κ1) is 13.9. The van der Waals surface area contributed by atoms with Crippen molar-refractivity contribution in [1.29, 1.82) is 0 Å². The number of halogens is 3. The van der Waals surface area contributed by atoms with E-state index < -0.39 is 12.3 Å². The highest BCUT2D eigenvalue weighted by Gasteiger charge is 2.37. The monoisotopic (exact) mass is 273 g/mol. The van der Waals surface area contributed by atoms with Crippen molar-refractivity contribution in [2.24, 2.45) is 5.73 Å². The van der Waals surface area contributed by atoms with Crippen molar-refractivity contribution in [3.8, 4) is 0 Å². The van der Waals surface area contributed by atoms with Gasteiger partial charge in [-0.2, -0.15) is 13.2 Å². The molecule has 0 aliphatic carbocycles. The summed E-state index contributed by atoms with van der Waals surface area (Å²) in [6, 6.07) is 7.09. The summed E-state index contributed by atoms with van der Waals surface area (Å²) >= 11 is 0. The zero-order chi connectivity index (χ0) is 14.0. The second kappa shape index (κ2) is 5.22. The lowest BCUT2D eigenvalue weighted by atomic mass is 10.1. The van der Waals surface area contributed by atoms with Gasteiger partial charge in [-0.1, -0.05) is 18.2 Å². The molecule has 0 saturated heterocycles. The Morgan fingerprint density at radius 1 is 1.32 bits per heavy atom. The van der Waals surface area contributed by atoms with Crippen LogP contribution in [0.15, 0.2) is 28.7 Å². The third kappa shape index (κ3) is 2.90. The Balaban J connectivity index is 2.24. The van der Waals surface area contributed by atoms with Gasteiger partial charge in [0.2, 0.25) is 0 Å². The van der Waals surface area contributed by atoms with Crippen molar-refractivity contribution < 1.29 is 22.3 Å². The van der Waals surface area contributed by atoms with Crippen LogP contribution >= 0.6 is 0 Å². The summed E-state index contributed by atoms with van der Waals surface area (Å²) in [6.45, 7) is 0.919. The molecule has 0 saturated carbocycles. The van der Waals surface area contributed by atoms with Gasteiger partial charge in [0.15, 0.2) is 6.10 Å². The summed E-state index contributed by atoms with van der Waals surface area (Å²) in [7, 11) is 0. The maximum Gasteiger partial charge on any atom is 0.414 e. The molecule has 2 rings (SSSR count). The van der Waals surface area contributed by atoms with Gasteiger partial charge in [0.05, 0.1) is 13.2 Å². The molecule has 3 nitrogen and oxygen atoms in total. The average Bonchev–Trinajstić information content (AvgIpc) is 2.72. The zero-order valence-electron chi connectivity index (χ0n) is 10.3. The van der Waals surface area contributed by atoms with Crippen molar-refractivity contribution in [1.82, 2.24) is 0 Å². The van der Waals surface area contributed by atoms with E-state index in [2.05, 4.69) is 0 Å². The molecule has 1 heterocycles. The Labute approximate surface area is 108 Å². The van der Waals surface area contributed by atoms with Crippen molar-refractivity contribution in [2.45, 2.75) is 32.4 Å². The molecule has 2 aromatic rings. The summed E-state index contributed by atoms with van der Waals surface area (Å²) in [5, 5.41) is 0.734. The highest BCUT2D eigenvalue weighted by Crippen LogP contribution is 2.28. The first-order chi connectivity index (χ1) is 8.93. The summed E-state index contributed by atoms with van der Waals surface area (Å²) in [6.07, 6.45) is -6.20. The molecule has 0 bridgehead atoms. The Bertz CT molecular complexity index is 563. The lowest BCUT2D eigenvalue weighted by molar-refractivity contribution is -0.217. The van der Waals surface area contributed by atoms with E-state index in [4.69, 9.17) is 14.9 Å². The zero-order valence-corrected chi connectivity index (χ0v) is 10.3. The highest BCUT2D eigenvalue weighted by atomic mass is 19.4. The van der Waals surface area contributed by atoms with E-state index in [1.54, 1.807) is 24.3 Å². The van der Waals surface area contributed by atoms with Crippen LogP contribution in [0.5, 0.6) is 0 Å². The molecular weight excluding hydrogens is 259 g/mol. The standard InChI is InChI=1S/C13H14F3NO2/c1-8(13(14,15)16)18-7-10-9-4-2-3-5-11(9)19-12(10)6-17/h2-5,8H,6-7,17H2,1H3. The molecule has 0 amide bonds. The average molecular weight is 273 g/mol. The number of nitrogens with two attached hydrogens (primary N) is 1. The topological polar surface area (TPSA) is 48.4 Å². The summed E-state index contributed by atoms with van der Waals surface area (Å²) in [4.78, 5) is 0. The van der Waals surface area contributed by atoms with E-state index in [9.17, 15) is 13.2 Å². The van der Waals surface area contributed by atoms with Gasteiger partial charge in [-0.05, 0) is 13.0 Å². The fraction of sp³-hybridized carbons (Fsp3) is 0.385. The van der Waals surface area contributed by atoms with Crippen molar-refractivity contribution >= 4 is 11.0 Å². The van der Waals surface area contributed by atoms with E-state index in [1.165, 1.54) is 0 Å². The van der Waals surface area contributed by atoms with Gasteiger partial charge in [-0.25, -0.2) is 0 Å². The van der Waals surface area contributed by atoms with Crippen molar-refractivity contribution in [2.75, 3.05) is 0 Å².